The molecule has 0 bridgehead atoms. The predicted molar refractivity (Wildman–Crippen MR) is 288 cm³/mol. The number of hydrogen-bond donors (Lipinski definition) is 1. The molecule has 0 radical (unpaired) electrons. The molecule has 1 N–H and O–H groups in total. The first-order valence-electron chi connectivity index (χ1n) is 28.7. The Morgan fingerprint density at radius 3 is 1.01 bits per heavy atom. The third-order valence-corrected chi connectivity index (χ3v) is 12.1. The number of carbonyl (C=O) groups is 2. The standard InChI is InChI=1S/C59H109NO9/c1-5-9-13-17-21-27-37-52-66-58(67-53-38-28-22-18-14-10-6-2)44-42-56(62)64-50-35-31-25-33-46-60(48-41-49-61)47-34-26-32-36-51-65-57(63)43-45-59(68-54-39-29-23-19-15-11-7-3)69-55-40-30-24-20-16-12-8-4/h27-30,37-40,58-59,61H,5-26,31-36,41-55H2,1-4H3/b37-27-,38-28-,39-29-,40-30-. The molecule has 0 aliphatic heterocycles. The van der Waals surface area contributed by atoms with Gasteiger partial charge in [0.05, 0.1) is 52.5 Å². The molecule has 69 heavy (non-hydrogen) atoms. The van der Waals surface area contributed by atoms with Crippen molar-refractivity contribution in [1.29, 1.82) is 0 Å². The highest BCUT2D eigenvalue weighted by Crippen LogP contribution is 2.13. The maximum absolute atomic E-state index is 12.6. The normalized spacial score (nSPS) is 12.2. The van der Waals surface area contributed by atoms with Crippen LogP contribution in [0.5, 0.6) is 0 Å². The number of allylic oxidation sites excluding steroid dienone is 4. The van der Waals surface area contributed by atoms with E-state index < -0.39 is 12.6 Å². The number of unbranched alkanes of at least 4 members (excludes halogenated alkanes) is 22. The first-order valence-corrected chi connectivity index (χ1v) is 28.7. The van der Waals surface area contributed by atoms with Crippen LogP contribution >= 0.6 is 0 Å². The van der Waals surface area contributed by atoms with E-state index in [1.54, 1.807) is 0 Å². The largest absolute Gasteiger partial charge is 0.466 e. The molecule has 10 heteroatoms. The average molecular weight is 977 g/mol. The zero-order valence-electron chi connectivity index (χ0n) is 45.3. The zero-order chi connectivity index (χ0) is 50.2. The van der Waals surface area contributed by atoms with Gasteiger partial charge in [-0.2, -0.15) is 0 Å². The van der Waals surface area contributed by atoms with E-state index in [1.165, 1.54) is 103 Å². The number of hydrogen-bond acceptors (Lipinski definition) is 10. The van der Waals surface area contributed by atoms with Crippen molar-refractivity contribution in [2.75, 3.05) is 65.9 Å². The van der Waals surface area contributed by atoms with Crippen LogP contribution in [0, 0.1) is 0 Å². The highest BCUT2D eigenvalue weighted by molar-refractivity contribution is 5.69. The molecule has 0 aliphatic carbocycles. The smallest absolute Gasteiger partial charge is 0.305 e. The molecular weight excluding hydrogens is 867 g/mol. The summed E-state index contributed by atoms with van der Waals surface area (Å²) in [4.78, 5) is 27.7. The van der Waals surface area contributed by atoms with E-state index in [1.807, 2.05) is 0 Å². The third kappa shape index (κ3) is 51.8. The van der Waals surface area contributed by atoms with Crippen molar-refractivity contribution >= 4 is 11.9 Å². The molecule has 0 aliphatic rings. The third-order valence-electron chi connectivity index (χ3n) is 12.1. The highest BCUT2D eigenvalue weighted by Gasteiger charge is 2.14. The lowest BCUT2D eigenvalue weighted by Crippen LogP contribution is -2.28. The second-order valence-electron chi connectivity index (χ2n) is 18.7. The number of carbonyl (C=O) groups excluding carboxylic acids is 2. The number of ether oxygens (including phenoxy) is 6. The van der Waals surface area contributed by atoms with Crippen molar-refractivity contribution < 1.29 is 43.1 Å². The van der Waals surface area contributed by atoms with E-state index in [4.69, 9.17) is 28.4 Å². The molecule has 0 saturated heterocycles. The molecular formula is C59H109NO9. The Morgan fingerprint density at radius 2 is 0.696 bits per heavy atom. The van der Waals surface area contributed by atoms with Crippen molar-refractivity contribution in [3.8, 4) is 0 Å². The minimum atomic E-state index is -0.439. The second-order valence-corrected chi connectivity index (χ2v) is 18.7. The van der Waals surface area contributed by atoms with Crippen LogP contribution in [0.4, 0.5) is 0 Å². The molecule has 0 amide bonds. The Morgan fingerprint density at radius 1 is 0.391 bits per heavy atom. The molecule has 0 fully saturated rings. The molecule has 0 aromatic carbocycles. The minimum absolute atomic E-state index is 0.197. The molecule has 0 atom stereocenters. The van der Waals surface area contributed by atoms with Gasteiger partial charge in [0.2, 0.25) is 0 Å². The number of rotatable bonds is 55. The first-order chi connectivity index (χ1) is 34.0. The van der Waals surface area contributed by atoms with E-state index in [2.05, 4.69) is 81.2 Å². The van der Waals surface area contributed by atoms with Crippen LogP contribution in [0.2, 0.25) is 0 Å². The molecule has 0 unspecified atom stereocenters. The first kappa shape index (κ1) is 66.7. The van der Waals surface area contributed by atoms with Crippen LogP contribution in [0.25, 0.3) is 0 Å². The Hall–Kier alpha value is -2.34. The SMILES string of the molecule is CCCCCC/C=C\COC(CCC(=O)OCCCCCCN(CCCO)CCCCCCOC(=O)CCC(OC/C=C\CCCCCC)OC/C=C\CCCCCC)OC/C=C\CCCCCC. The molecule has 0 aromatic rings. The van der Waals surface area contributed by atoms with Gasteiger partial charge in [0, 0.05) is 26.0 Å². The Labute approximate surface area is 425 Å². The van der Waals surface area contributed by atoms with E-state index >= 15 is 0 Å². The number of nitrogens with zero attached hydrogens (tertiary/aromatic N) is 1. The van der Waals surface area contributed by atoms with Gasteiger partial charge < -0.3 is 38.4 Å². The van der Waals surface area contributed by atoms with E-state index in [0.717, 1.165) is 103 Å². The summed E-state index contributed by atoms with van der Waals surface area (Å²) in [6.07, 6.45) is 50.7. The zero-order valence-corrected chi connectivity index (χ0v) is 45.3. The summed E-state index contributed by atoms with van der Waals surface area (Å²) in [6, 6.07) is 0. The Bertz CT molecular complexity index is 1050. The molecule has 0 aromatic heterocycles. The summed E-state index contributed by atoms with van der Waals surface area (Å²) in [7, 11) is 0. The summed E-state index contributed by atoms with van der Waals surface area (Å²) in [5, 5.41) is 9.48. The van der Waals surface area contributed by atoms with Gasteiger partial charge in [-0.15, -0.1) is 0 Å². The van der Waals surface area contributed by atoms with Crippen LogP contribution < -0.4 is 0 Å². The quantitative estimate of drug-likeness (QED) is 0.0274. The number of aliphatic hydroxyl groups is 1. The summed E-state index contributed by atoms with van der Waals surface area (Å²) >= 11 is 0. The maximum Gasteiger partial charge on any atom is 0.305 e. The molecule has 0 saturated carbocycles. The fourth-order valence-corrected chi connectivity index (χ4v) is 7.78. The summed E-state index contributed by atoms with van der Waals surface area (Å²) in [5.74, 6) is -0.394. The van der Waals surface area contributed by atoms with E-state index in [0.29, 0.717) is 52.5 Å². The van der Waals surface area contributed by atoms with Crippen molar-refractivity contribution in [2.45, 2.75) is 252 Å². The fraction of sp³-hybridized carbons (Fsp3) is 0.831. The van der Waals surface area contributed by atoms with Gasteiger partial charge in [0.25, 0.3) is 0 Å². The summed E-state index contributed by atoms with van der Waals surface area (Å²) in [6.45, 7) is 14.8. The highest BCUT2D eigenvalue weighted by atomic mass is 16.7. The van der Waals surface area contributed by atoms with Gasteiger partial charge in [-0.3, -0.25) is 9.59 Å². The van der Waals surface area contributed by atoms with Crippen LogP contribution in [-0.4, -0.2) is 100 Å². The average Bonchev–Trinajstić information content (AvgIpc) is 3.35. The topological polar surface area (TPSA) is 113 Å². The number of esters is 2. The van der Waals surface area contributed by atoms with Crippen LogP contribution in [0.15, 0.2) is 48.6 Å². The van der Waals surface area contributed by atoms with Gasteiger partial charge in [-0.25, -0.2) is 0 Å². The molecule has 10 nitrogen and oxygen atoms in total. The van der Waals surface area contributed by atoms with Crippen molar-refractivity contribution in [1.82, 2.24) is 4.90 Å². The van der Waals surface area contributed by atoms with Gasteiger partial charge in [-0.05, 0) is 96.6 Å². The summed E-state index contributed by atoms with van der Waals surface area (Å²) < 4.78 is 35.2. The monoisotopic (exact) mass is 976 g/mol. The fourth-order valence-electron chi connectivity index (χ4n) is 7.78. The van der Waals surface area contributed by atoms with Crippen molar-refractivity contribution in [2.24, 2.45) is 0 Å². The molecule has 0 rings (SSSR count). The lowest BCUT2D eigenvalue weighted by atomic mass is 10.1. The van der Waals surface area contributed by atoms with Crippen molar-refractivity contribution in [3.63, 3.8) is 0 Å². The van der Waals surface area contributed by atoms with E-state index in [9.17, 15) is 14.7 Å². The summed E-state index contributed by atoms with van der Waals surface area (Å²) in [5.41, 5.74) is 0. The van der Waals surface area contributed by atoms with Gasteiger partial charge in [0.15, 0.2) is 12.6 Å². The van der Waals surface area contributed by atoms with Gasteiger partial charge in [0.1, 0.15) is 0 Å². The van der Waals surface area contributed by atoms with Gasteiger partial charge >= 0.3 is 11.9 Å². The maximum atomic E-state index is 12.6. The second kappa shape index (κ2) is 56.6. The number of aliphatic hydroxyl groups excluding tert-OH is 1. The Kier molecular flexibility index (Phi) is 54.7. The predicted octanol–water partition coefficient (Wildman–Crippen LogP) is 15.3. The minimum Gasteiger partial charge on any atom is -0.466 e. The van der Waals surface area contributed by atoms with Crippen LogP contribution in [0.3, 0.4) is 0 Å². The lowest BCUT2D eigenvalue weighted by Gasteiger charge is -2.22. The molecule has 0 heterocycles. The molecule has 404 valence electrons. The van der Waals surface area contributed by atoms with Crippen molar-refractivity contribution in [3.05, 3.63) is 48.6 Å². The van der Waals surface area contributed by atoms with Crippen LogP contribution in [0.1, 0.15) is 240 Å². The van der Waals surface area contributed by atoms with E-state index in [-0.39, 0.29) is 31.4 Å². The molecule has 0 spiro atoms. The Balaban J connectivity index is 4.42. The van der Waals surface area contributed by atoms with Gasteiger partial charge in [-0.1, -0.05) is 179 Å². The van der Waals surface area contributed by atoms with Crippen LogP contribution in [-0.2, 0) is 38.0 Å². The lowest BCUT2D eigenvalue weighted by molar-refractivity contribution is -0.153.